The van der Waals surface area contributed by atoms with Crippen LogP contribution < -0.4 is 20.3 Å². The molecule has 168 valence electrons. The van der Waals surface area contributed by atoms with Gasteiger partial charge in [0.15, 0.2) is 5.96 Å². The van der Waals surface area contributed by atoms with Gasteiger partial charge in [-0.25, -0.2) is 4.39 Å². The summed E-state index contributed by atoms with van der Waals surface area (Å²) in [5.41, 5.74) is 1.62. The second-order valence-electron chi connectivity index (χ2n) is 6.91. The van der Waals surface area contributed by atoms with Gasteiger partial charge < -0.3 is 25.2 Å². The molecule has 31 heavy (non-hydrogen) atoms. The van der Waals surface area contributed by atoms with Gasteiger partial charge in [0.05, 0.1) is 7.11 Å². The predicted molar refractivity (Wildman–Crippen MR) is 132 cm³/mol. The summed E-state index contributed by atoms with van der Waals surface area (Å²) in [5, 5.41) is 6.20. The molecule has 2 aromatic carbocycles. The number of carbonyl (C=O) groups is 1. The highest BCUT2D eigenvalue weighted by molar-refractivity contribution is 14.0. The molecular weight excluding hydrogens is 512 g/mol. The van der Waals surface area contributed by atoms with Crippen LogP contribution in [-0.2, 0) is 0 Å². The maximum atomic E-state index is 13.1. The van der Waals surface area contributed by atoms with Crippen molar-refractivity contribution in [1.82, 2.24) is 15.5 Å². The molecule has 0 bridgehead atoms. The lowest BCUT2D eigenvalue weighted by Crippen LogP contribution is -2.53. The molecule has 0 aromatic heterocycles. The lowest BCUT2D eigenvalue weighted by Gasteiger charge is -2.37. The van der Waals surface area contributed by atoms with Gasteiger partial charge in [0, 0.05) is 57.6 Å². The van der Waals surface area contributed by atoms with Crippen molar-refractivity contribution in [3.05, 3.63) is 59.9 Å². The van der Waals surface area contributed by atoms with E-state index in [1.165, 1.54) is 12.1 Å². The van der Waals surface area contributed by atoms with Crippen LogP contribution in [0, 0.1) is 5.82 Å². The Hall–Kier alpha value is -2.56. The Bertz CT molecular complexity index is 853. The first-order chi connectivity index (χ1) is 14.6. The summed E-state index contributed by atoms with van der Waals surface area (Å²) in [4.78, 5) is 21.0. The minimum absolute atomic E-state index is 0. The van der Waals surface area contributed by atoms with E-state index in [4.69, 9.17) is 4.74 Å². The van der Waals surface area contributed by atoms with Gasteiger partial charge in [-0.3, -0.25) is 9.79 Å². The molecule has 0 radical (unpaired) electrons. The van der Waals surface area contributed by atoms with Crippen molar-refractivity contribution in [2.24, 2.45) is 4.99 Å². The average molecular weight is 541 g/mol. The van der Waals surface area contributed by atoms with Crippen molar-refractivity contribution in [2.75, 3.05) is 58.3 Å². The number of halogens is 2. The molecule has 0 unspecified atom stereocenters. The molecule has 3 rings (SSSR count). The first-order valence-electron chi connectivity index (χ1n) is 9.99. The van der Waals surface area contributed by atoms with Crippen LogP contribution in [0.3, 0.4) is 0 Å². The van der Waals surface area contributed by atoms with E-state index in [0.717, 1.165) is 43.6 Å². The zero-order valence-electron chi connectivity index (χ0n) is 17.8. The van der Waals surface area contributed by atoms with E-state index in [-0.39, 0.29) is 35.7 Å². The average Bonchev–Trinajstić information content (AvgIpc) is 2.80. The summed E-state index contributed by atoms with van der Waals surface area (Å²) in [5.74, 6) is 1.19. The van der Waals surface area contributed by atoms with Gasteiger partial charge >= 0.3 is 0 Å². The molecule has 1 aliphatic heterocycles. The minimum atomic E-state index is -0.221. The number of amides is 1. The number of benzene rings is 2. The van der Waals surface area contributed by atoms with Gasteiger partial charge in [0.2, 0.25) is 0 Å². The van der Waals surface area contributed by atoms with Crippen LogP contribution in [0.4, 0.5) is 10.1 Å². The topological polar surface area (TPSA) is 69.2 Å². The molecule has 9 heteroatoms. The maximum absolute atomic E-state index is 13.1. The standard InChI is InChI=1S/C22H28FN5O2.HI/c1-24-22(26-12-11-25-21(29)17-3-9-20(30-2)10-4-17)28-15-13-27(14-16-28)19-7-5-18(23)6-8-19;/h3-10H,11-16H2,1-2H3,(H,24,26)(H,25,29);1H. The minimum Gasteiger partial charge on any atom is -0.497 e. The molecule has 0 atom stereocenters. The number of methoxy groups -OCH3 is 1. The Morgan fingerprint density at radius 2 is 1.61 bits per heavy atom. The fourth-order valence-electron chi connectivity index (χ4n) is 3.36. The highest BCUT2D eigenvalue weighted by Gasteiger charge is 2.19. The highest BCUT2D eigenvalue weighted by Crippen LogP contribution is 2.17. The van der Waals surface area contributed by atoms with Crippen molar-refractivity contribution >= 4 is 41.5 Å². The van der Waals surface area contributed by atoms with Crippen LogP contribution in [0.5, 0.6) is 5.75 Å². The van der Waals surface area contributed by atoms with Crippen LogP contribution in [0.2, 0.25) is 0 Å². The Morgan fingerprint density at radius 1 is 1.00 bits per heavy atom. The molecule has 0 spiro atoms. The number of guanidine groups is 1. The zero-order chi connectivity index (χ0) is 21.3. The van der Waals surface area contributed by atoms with E-state index in [2.05, 4.69) is 25.4 Å². The number of anilines is 1. The Labute approximate surface area is 199 Å². The molecule has 1 fully saturated rings. The van der Waals surface area contributed by atoms with Gasteiger partial charge in [-0.15, -0.1) is 24.0 Å². The SMILES string of the molecule is CN=C(NCCNC(=O)c1ccc(OC)cc1)N1CCN(c2ccc(F)cc2)CC1.I. The third-order valence-electron chi connectivity index (χ3n) is 5.03. The smallest absolute Gasteiger partial charge is 0.251 e. The zero-order valence-corrected chi connectivity index (χ0v) is 20.1. The van der Waals surface area contributed by atoms with Crippen molar-refractivity contribution in [3.8, 4) is 5.75 Å². The van der Waals surface area contributed by atoms with Crippen molar-refractivity contribution < 1.29 is 13.9 Å². The van der Waals surface area contributed by atoms with Crippen molar-refractivity contribution in [3.63, 3.8) is 0 Å². The van der Waals surface area contributed by atoms with Crippen LogP contribution in [0.15, 0.2) is 53.5 Å². The first kappa shape index (κ1) is 24.7. The largest absolute Gasteiger partial charge is 0.497 e. The molecule has 0 saturated carbocycles. The number of hydrogen-bond donors (Lipinski definition) is 2. The maximum Gasteiger partial charge on any atom is 0.251 e. The summed E-state index contributed by atoms with van der Waals surface area (Å²) >= 11 is 0. The summed E-state index contributed by atoms with van der Waals surface area (Å²) in [6.45, 7) is 4.36. The molecule has 1 aliphatic rings. The van der Waals surface area contributed by atoms with E-state index < -0.39 is 0 Å². The predicted octanol–water partition coefficient (Wildman–Crippen LogP) is 2.58. The van der Waals surface area contributed by atoms with Crippen molar-refractivity contribution in [2.45, 2.75) is 0 Å². The molecule has 7 nitrogen and oxygen atoms in total. The fraction of sp³-hybridized carbons (Fsp3) is 0.364. The van der Waals surface area contributed by atoms with Crippen LogP contribution in [-0.4, -0.2) is 70.2 Å². The third-order valence-corrected chi connectivity index (χ3v) is 5.03. The van der Waals surface area contributed by atoms with E-state index in [1.807, 2.05) is 12.1 Å². The first-order valence-corrected chi connectivity index (χ1v) is 9.99. The van der Waals surface area contributed by atoms with Gasteiger partial charge in [-0.2, -0.15) is 0 Å². The third kappa shape index (κ3) is 6.98. The van der Waals surface area contributed by atoms with E-state index in [1.54, 1.807) is 38.4 Å². The molecule has 2 aromatic rings. The molecular formula is C22H29FIN5O2. The number of rotatable bonds is 6. The Kier molecular flexibility index (Phi) is 9.83. The molecule has 2 N–H and O–H groups in total. The van der Waals surface area contributed by atoms with Gasteiger partial charge in [-0.1, -0.05) is 0 Å². The van der Waals surface area contributed by atoms with E-state index in [0.29, 0.717) is 18.7 Å². The number of aliphatic imine (C=N–C) groups is 1. The van der Waals surface area contributed by atoms with Gasteiger partial charge in [-0.05, 0) is 48.5 Å². The normalized spacial score (nSPS) is 14.0. The van der Waals surface area contributed by atoms with E-state index >= 15 is 0 Å². The lowest BCUT2D eigenvalue weighted by atomic mass is 10.2. The van der Waals surface area contributed by atoms with Crippen molar-refractivity contribution in [1.29, 1.82) is 0 Å². The second-order valence-corrected chi connectivity index (χ2v) is 6.91. The molecule has 1 amide bonds. The molecule has 1 saturated heterocycles. The number of hydrogen-bond acceptors (Lipinski definition) is 4. The molecule has 0 aliphatic carbocycles. The Morgan fingerprint density at radius 3 is 2.19 bits per heavy atom. The monoisotopic (exact) mass is 541 g/mol. The van der Waals surface area contributed by atoms with E-state index in [9.17, 15) is 9.18 Å². The van der Waals surface area contributed by atoms with Crippen LogP contribution in [0.25, 0.3) is 0 Å². The fourth-order valence-corrected chi connectivity index (χ4v) is 3.36. The van der Waals surface area contributed by atoms with Crippen LogP contribution >= 0.6 is 24.0 Å². The summed E-state index contributed by atoms with van der Waals surface area (Å²) in [6, 6.07) is 13.6. The van der Waals surface area contributed by atoms with Crippen LogP contribution in [0.1, 0.15) is 10.4 Å². The Balaban J connectivity index is 0.00000341. The number of nitrogens with zero attached hydrogens (tertiary/aromatic N) is 3. The molecule has 1 heterocycles. The number of nitrogens with one attached hydrogen (secondary N) is 2. The summed E-state index contributed by atoms with van der Waals surface area (Å²) in [7, 11) is 3.35. The highest BCUT2D eigenvalue weighted by atomic mass is 127. The number of carbonyl (C=O) groups excluding carboxylic acids is 1. The quantitative estimate of drug-likeness (QED) is 0.255. The second kappa shape index (κ2) is 12.3. The number of ether oxygens (including phenoxy) is 1. The van der Waals surface area contributed by atoms with Gasteiger partial charge in [0.1, 0.15) is 11.6 Å². The van der Waals surface area contributed by atoms with Gasteiger partial charge in [0.25, 0.3) is 5.91 Å². The number of piperazine rings is 1. The summed E-state index contributed by atoms with van der Waals surface area (Å²) < 4.78 is 18.2. The summed E-state index contributed by atoms with van der Waals surface area (Å²) in [6.07, 6.45) is 0. The lowest BCUT2D eigenvalue weighted by molar-refractivity contribution is 0.0954.